The van der Waals surface area contributed by atoms with Gasteiger partial charge in [0.05, 0.1) is 17.8 Å². The van der Waals surface area contributed by atoms with Gasteiger partial charge in [-0.05, 0) is 53.4 Å². The molecule has 1 aromatic heterocycles. The molecule has 5 atom stereocenters. The van der Waals surface area contributed by atoms with Crippen LogP contribution in [0.15, 0.2) is 79.0 Å². The molecule has 0 radical (unpaired) electrons. The molecule has 0 spiro atoms. The van der Waals surface area contributed by atoms with Crippen LogP contribution >= 0.6 is 10.8 Å². The zero-order valence-electron chi connectivity index (χ0n) is 29.9. The molecule has 8 N–H and O–H groups in total. The lowest BCUT2D eigenvalue weighted by atomic mass is 9.85. The molecule has 2 aromatic carbocycles. The number of benzene rings is 2. The predicted molar refractivity (Wildman–Crippen MR) is 198 cm³/mol. The van der Waals surface area contributed by atoms with Crippen molar-refractivity contribution in [3.8, 4) is 11.3 Å². The number of nitrogens with one attached hydrogen (secondary N) is 4. The molecule has 3 aromatic rings. The third kappa shape index (κ3) is 13.0. The van der Waals surface area contributed by atoms with Crippen molar-refractivity contribution in [3.05, 3.63) is 90.1 Å². The maximum Gasteiger partial charge on any atom is 0.405 e. The summed E-state index contributed by atoms with van der Waals surface area (Å²) in [4.78, 5) is 43.4. The van der Waals surface area contributed by atoms with Crippen molar-refractivity contribution in [1.82, 2.24) is 25.7 Å². The van der Waals surface area contributed by atoms with E-state index in [0.29, 0.717) is 6.42 Å². The largest absolute Gasteiger partial charge is 0.465 e. The van der Waals surface area contributed by atoms with Crippen LogP contribution in [0, 0.1) is 10.8 Å². The number of aliphatic hydroxyl groups excluding tert-OH is 1. The Bertz CT molecular complexity index is 1540. The molecule has 0 saturated carbocycles. The van der Waals surface area contributed by atoms with E-state index in [-0.39, 0.29) is 12.8 Å². The molecule has 3 rings (SSSR count). The Morgan fingerprint density at radius 3 is 1.82 bits per heavy atom. The third-order valence-corrected chi connectivity index (χ3v) is 8.91. The Balaban J connectivity index is 1.95. The maximum absolute atomic E-state index is 13.7. The van der Waals surface area contributed by atoms with Crippen molar-refractivity contribution in [3.63, 3.8) is 0 Å². The fourth-order valence-electron chi connectivity index (χ4n) is 5.63. The summed E-state index contributed by atoms with van der Waals surface area (Å²) in [6, 6.07) is 19.0. The highest BCUT2D eigenvalue weighted by Gasteiger charge is 2.38. The van der Waals surface area contributed by atoms with E-state index in [1.54, 1.807) is 47.7 Å². The first-order valence-corrected chi connectivity index (χ1v) is 18.5. The van der Waals surface area contributed by atoms with Gasteiger partial charge in [-0.25, -0.2) is 9.52 Å². The number of carboxylic acid groups (broad SMARTS) is 1. The van der Waals surface area contributed by atoms with Crippen molar-refractivity contribution in [1.29, 1.82) is 0 Å². The summed E-state index contributed by atoms with van der Waals surface area (Å²) in [7, 11) is -3.26. The van der Waals surface area contributed by atoms with Crippen LogP contribution in [0.25, 0.3) is 11.3 Å². The van der Waals surface area contributed by atoms with Crippen LogP contribution in [-0.4, -0.2) is 78.7 Å². The average molecular weight is 712 g/mol. The summed E-state index contributed by atoms with van der Waals surface area (Å²) in [5.74, 6) is -1.07. The second-order valence-electron chi connectivity index (χ2n) is 14.9. The van der Waals surface area contributed by atoms with Gasteiger partial charge in [-0.2, -0.15) is 0 Å². The van der Waals surface area contributed by atoms with Crippen molar-refractivity contribution in [2.24, 2.45) is 10.8 Å². The number of hydrogen-bond donors (Lipinski definition) is 8. The first-order valence-electron chi connectivity index (χ1n) is 16.6. The molecule has 1 heterocycles. The number of hydrogen-bond acceptors (Lipinski definition) is 8. The third-order valence-electron chi connectivity index (χ3n) is 8.22. The van der Waals surface area contributed by atoms with Crippen molar-refractivity contribution >= 4 is 28.7 Å². The normalized spacial score (nSPS) is 15.6. The molecular weight excluding hydrogens is 659 g/mol. The van der Waals surface area contributed by atoms with E-state index in [1.165, 1.54) is 6.26 Å². The molecule has 0 aliphatic rings. The van der Waals surface area contributed by atoms with Crippen LogP contribution in [0.2, 0.25) is 0 Å². The number of amides is 3. The van der Waals surface area contributed by atoms with E-state index in [4.69, 9.17) is 0 Å². The number of carbonyl (C=O) groups excluding carboxylic acids is 2. The van der Waals surface area contributed by atoms with Crippen LogP contribution in [0.3, 0.4) is 0 Å². The number of aliphatic hydroxyl groups is 1. The molecule has 274 valence electrons. The minimum atomic E-state index is -3.26. The van der Waals surface area contributed by atoms with Gasteiger partial charge in [-0.15, -0.1) is 10.8 Å². The van der Waals surface area contributed by atoms with Gasteiger partial charge in [0.2, 0.25) is 11.8 Å². The van der Waals surface area contributed by atoms with E-state index >= 15 is 0 Å². The van der Waals surface area contributed by atoms with E-state index in [0.717, 1.165) is 22.4 Å². The molecule has 12 nitrogen and oxygen atoms in total. The number of rotatable bonds is 15. The average Bonchev–Trinajstić information content (AvgIpc) is 3.01. The van der Waals surface area contributed by atoms with Crippen molar-refractivity contribution < 1.29 is 33.7 Å². The van der Waals surface area contributed by atoms with E-state index < -0.39 is 69.8 Å². The smallest absolute Gasteiger partial charge is 0.405 e. The topological polar surface area (TPSA) is 193 Å². The quantitative estimate of drug-likeness (QED) is 0.104. The summed E-state index contributed by atoms with van der Waals surface area (Å²) in [6.07, 6.45) is 0.951. The molecule has 0 aliphatic carbocycles. The van der Waals surface area contributed by atoms with Crippen LogP contribution < -0.4 is 20.7 Å². The molecular formula is C37H53N5O7S. The molecule has 0 fully saturated rings. The van der Waals surface area contributed by atoms with Gasteiger partial charge in [0.25, 0.3) is 0 Å². The summed E-state index contributed by atoms with van der Waals surface area (Å²) < 4.78 is 23.0. The Kier molecular flexibility index (Phi) is 14.0. The first kappa shape index (κ1) is 40.4. The highest BCUT2D eigenvalue weighted by atomic mass is 32.3. The van der Waals surface area contributed by atoms with Gasteiger partial charge >= 0.3 is 6.09 Å². The summed E-state index contributed by atoms with van der Waals surface area (Å²) in [5.41, 5.74) is 1.94. The van der Waals surface area contributed by atoms with Crippen LogP contribution in [0.1, 0.15) is 59.1 Å². The Hall–Kier alpha value is -4.01. The number of aromatic nitrogens is 1. The van der Waals surface area contributed by atoms with Gasteiger partial charge in [-0.3, -0.25) is 23.7 Å². The first-order chi connectivity index (χ1) is 23.2. The number of pyridine rings is 1. The van der Waals surface area contributed by atoms with Crippen LogP contribution in [0.5, 0.6) is 0 Å². The second-order valence-corrected chi connectivity index (χ2v) is 16.8. The lowest BCUT2D eigenvalue weighted by molar-refractivity contribution is -0.128. The van der Waals surface area contributed by atoms with Crippen molar-refractivity contribution in [2.75, 3.05) is 6.26 Å². The Morgan fingerprint density at radius 1 is 0.740 bits per heavy atom. The zero-order chi connectivity index (χ0) is 37.3. The molecule has 50 heavy (non-hydrogen) atoms. The molecule has 3 amide bonds. The van der Waals surface area contributed by atoms with Crippen LogP contribution in [0.4, 0.5) is 4.79 Å². The molecule has 13 heteroatoms. The molecule has 0 aliphatic heterocycles. The van der Waals surface area contributed by atoms with Crippen molar-refractivity contribution in [2.45, 2.75) is 91.1 Å². The highest BCUT2D eigenvalue weighted by molar-refractivity contribution is 8.22. The van der Waals surface area contributed by atoms with Gasteiger partial charge < -0.3 is 26.2 Å². The summed E-state index contributed by atoms with van der Waals surface area (Å²) >= 11 is 0. The standard InChI is InChI=1S/C37H53N5O7S/c1-36(2,3)31(41-35(46)47)33(44)39-27(21-25-16-18-26(19-17-25)28-15-11-12-20-38-28)23-30(43)29(22-24-13-9-8-10-14-24)40-34(45)32(37(4,5)6)42-50(7,48)49/h8-20,27,29-32,41-43,48-49H,21-23H2,1-7H3,(H,39,44)(H,40,45)(H,46,47)/t27-,29-,30-,31+,32+/m0/s1. The Labute approximate surface area is 297 Å². The van der Waals surface area contributed by atoms with Gasteiger partial charge in [0.15, 0.2) is 0 Å². The fourth-order valence-corrected chi connectivity index (χ4v) is 6.53. The lowest BCUT2D eigenvalue weighted by Gasteiger charge is -2.39. The lowest BCUT2D eigenvalue weighted by Crippen LogP contribution is -2.58. The predicted octanol–water partition coefficient (Wildman–Crippen LogP) is 5.24. The highest BCUT2D eigenvalue weighted by Crippen LogP contribution is 2.33. The second kappa shape index (κ2) is 17.3. The zero-order valence-corrected chi connectivity index (χ0v) is 30.7. The monoisotopic (exact) mass is 711 g/mol. The number of nitrogens with zero attached hydrogens (tertiary/aromatic N) is 1. The molecule has 0 bridgehead atoms. The summed E-state index contributed by atoms with van der Waals surface area (Å²) in [5, 5.41) is 29.6. The van der Waals surface area contributed by atoms with Crippen LogP contribution in [-0.2, 0) is 22.4 Å². The number of carbonyl (C=O) groups is 3. The van der Waals surface area contributed by atoms with Gasteiger partial charge in [0, 0.05) is 24.1 Å². The van der Waals surface area contributed by atoms with E-state index in [1.807, 2.05) is 72.8 Å². The summed E-state index contributed by atoms with van der Waals surface area (Å²) in [6.45, 7) is 10.6. The van der Waals surface area contributed by atoms with Gasteiger partial charge in [-0.1, -0.05) is 102 Å². The minimum absolute atomic E-state index is 0.00598. The maximum atomic E-state index is 13.7. The Morgan fingerprint density at radius 2 is 1.30 bits per heavy atom. The van der Waals surface area contributed by atoms with E-state index in [2.05, 4.69) is 25.7 Å². The molecule has 0 saturated heterocycles. The van der Waals surface area contributed by atoms with Gasteiger partial charge in [0.1, 0.15) is 12.1 Å². The minimum Gasteiger partial charge on any atom is -0.465 e. The SMILES string of the molecule is CC(C)(C)[C@H](NC(=O)O)C(=O)N[C@@H](Cc1ccc(-c2ccccn2)cc1)C[C@H](O)[C@H](Cc1ccccc1)NC(=O)[C@@H](NS(C)(O)O)C(C)(C)C. The molecule has 0 unspecified atom stereocenters. The van der Waals surface area contributed by atoms with E-state index in [9.17, 15) is 33.7 Å². The fraction of sp³-hybridized carbons (Fsp3) is 0.459.